The molecule has 1 heterocycles. The van der Waals surface area contributed by atoms with Crippen LogP contribution in [-0.2, 0) is 6.42 Å². The lowest BCUT2D eigenvalue weighted by molar-refractivity contribution is 0.479. The maximum Gasteiger partial charge on any atom is 0.147 e. The summed E-state index contributed by atoms with van der Waals surface area (Å²) in [4.78, 5) is 4.00. The van der Waals surface area contributed by atoms with Crippen molar-refractivity contribution in [2.75, 3.05) is 0 Å². The first-order valence-electron chi connectivity index (χ1n) is 6.72. The van der Waals surface area contributed by atoms with Crippen LogP contribution < -0.4 is 10.5 Å². The van der Waals surface area contributed by atoms with E-state index in [9.17, 15) is 0 Å². The number of pyridine rings is 1. The Bertz CT molecular complexity index is 586. The van der Waals surface area contributed by atoms with Gasteiger partial charge in [0.1, 0.15) is 11.5 Å². The number of nitrogens with zero attached hydrogens (tertiary/aromatic N) is 1. The molecule has 0 saturated carbocycles. The van der Waals surface area contributed by atoms with Gasteiger partial charge in [0, 0.05) is 18.3 Å². The molecule has 1 unspecified atom stereocenters. The van der Waals surface area contributed by atoms with Crippen LogP contribution in [0.2, 0.25) is 5.02 Å². The number of rotatable bonds is 5. The summed E-state index contributed by atoms with van der Waals surface area (Å²) in [5, 5.41) is 0.560. The first-order valence-corrected chi connectivity index (χ1v) is 7.09. The first kappa shape index (κ1) is 14.8. The molecule has 0 spiro atoms. The Balaban J connectivity index is 2.13. The smallest absolute Gasteiger partial charge is 0.147 e. The number of hydrogen-bond donors (Lipinski definition) is 1. The summed E-state index contributed by atoms with van der Waals surface area (Å²) in [6.45, 7) is 4.17. The Morgan fingerprint density at radius 1 is 1.25 bits per heavy atom. The number of aromatic nitrogens is 1. The third-order valence-electron chi connectivity index (χ3n) is 3.24. The molecule has 2 rings (SSSR count). The molecule has 0 amide bonds. The summed E-state index contributed by atoms with van der Waals surface area (Å²) >= 11 is 5.88. The van der Waals surface area contributed by atoms with Gasteiger partial charge in [-0.2, -0.15) is 0 Å². The van der Waals surface area contributed by atoms with Crippen molar-refractivity contribution in [2.45, 2.75) is 32.7 Å². The number of nitrogens with two attached hydrogens (primary N) is 1. The number of ether oxygens (including phenoxy) is 1. The van der Waals surface area contributed by atoms with Crippen LogP contribution in [0.25, 0.3) is 0 Å². The summed E-state index contributed by atoms with van der Waals surface area (Å²) in [7, 11) is 0. The van der Waals surface area contributed by atoms with Gasteiger partial charge in [-0.25, -0.2) is 0 Å². The van der Waals surface area contributed by atoms with Crippen LogP contribution >= 0.6 is 11.6 Å². The number of halogens is 1. The highest BCUT2D eigenvalue weighted by molar-refractivity contribution is 6.30. The number of benzene rings is 1. The second kappa shape index (κ2) is 6.73. The van der Waals surface area contributed by atoms with E-state index in [1.54, 1.807) is 18.5 Å². The predicted molar refractivity (Wildman–Crippen MR) is 82.5 cm³/mol. The Morgan fingerprint density at radius 3 is 2.70 bits per heavy atom. The van der Waals surface area contributed by atoms with Gasteiger partial charge in [0.15, 0.2) is 0 Å². The van der Waals surface area contributed by atoms with E-state index >= 15 is 0 Å². The molecule has 0 saturated heterocycles. The Labute approximate surface area is 124 Å². The van der Waals surface area contributed by atoms with E-state index in [1.807, 2.05) is 12.1 Å². The van der Waals surface area contributed by atoms with Crippen molar-refractivity contribution in [2.24, 2.45) is 5.73 Å². The van der Waals surface area contributed by atoms with Crippen molar-refractivity contribution in [1.82, 2.24) is 4.98 Å². The van der Waals surface area contributed by atoms with E-state index in [0.717, 1.165) is 18.6 Å². The average Bonchev–Trinajstić information content (AvgIpc) is 2.41. The molecule has 2 N–H and O–H groups in total. The first-order chi connectivity index (χ1) is 9.58. The van der Waals surface area contributed by atoms with Crippen molar-refractivity contribution in [3.8, 4) is 11.5 Å². The van der Waals surface area contributed by atoms with Crippen molar-refractivity contribution < 1.29 is 4.74 Å². The SMILES string of the molecule is CCC(N)Cc1ccc(Oc2cncc(Cl)c2)cc1C. The second-order valence-corrected chi connectivity index (χ2v) is 5.34. The third-order valence-corrected chi connectivity index (χ3v) is 3.44. The van der Waals surface area contributed by atoms with E-state index in [4.69, 9.17) is 22.1 Å². The van der Waals surface area contributed by atoms with Crippen LogP contribution in [0.4, 0.5) is 0 Å². The van der Waals surface area contributed by atoms with Crippen LogP contribution in [0.3, 0.4) is 0 Å². The van der Waals surface area contributed by atoms with Gasteiger partial charge >= 0.3 is 0 Å². The molecular weight excluding hydrogens is 272 g/mol. The molecule has 3 nitrogen and oxygen atoms in total. The fourth-order valence-electron chi connectivity index (χ4n) is 1.97. The Kier molecular flexibility index (Phi) is 4.99. The molecule has 0 fully saturated rings. The zero-order valence-corrected chi connectivity index (χ0v) is 12.5. The third kappa shape index (κ3) is 3.95. The molecule has 0 aliphatic rings. The van der Waals surface area contributed by atoms with Crippen LogP contribution in [0, 0.1) is 6.92 Å². The summed E-state index contributed by atoms with van der Waals surface area (Å²) in [5.41, 5.74) is 8.44. The van der Waals surface area contributed by atoms with Gasteiger partial charge in [-0.15, -0.1) is 0 Å². The molecule has 2 aromatic rings. The lowest BCUT2D eigenvalue weighted by Gasteiger charge is -2.13. The fraction of sp³-hybridized carbons (Fsp3) is 0.312. The minimum Gasteiger partial charge on any atom is -0.456 e. The molecule has 0 radical (unpaired) electrons. The minimum absolute atomic E-state index is 0.206. The van der Waals surface area contributed by atoms with Crippen LogP contribution in [-0.4, -0.2) is 11.0 Å². The molecule has 20 heavy (non-hydrogen) atoms. The minimum atomic E-state index is 0.206. The largest absolute Gasteiger partial charge is 0.456 e. The zero-order valence-electron chi connectivity index (χ0n) is 11.8. The molecule has 106 valence electrons. The second-order valence-electron chi connectivity index (χ2n) is 4.90. The highest BCUT2D eigenvalue weighted by Gasteiger charge is 2.06. The molecule has 4 heteroatoms. The van der Waals surface area contributed by atoms with Crippen LogP contribution in [0.1, 0.15) is 24.5 Å². The molecule has 1 aromatic carbocycles. The van der Waals surface area contributed by atoms with Crippen molar-refractivity contribution >= 4 is 11.6 Å². The summed E-state index contributed by atoms with van der Waals surface area (Å²) < 4.78 is 5.75. The predicted octanol–water partition coefficient (Wildman–Crippen LogP) is 4.12. The Hall–Kier alpha value is -1.58. The molecule has 0 bridgehead atoms. The fourth-order valence-corrected chi connectivity index (χ4v) is 2.14. The lowest BCUT2D eigenvalue weighted by Crippen LogP contribution is -2.21. The standard InChI is InChI=1S/C16H19ClN2O/c1-3-14(18)7-12-4-5-15(6-11(12)2)20-16-8-13(17)9-19-10-16/h4-6,8-10,14H,3,7,18H2,1-2H3. The molecule has 0 aliphatic heterocycles. The lowest BCUT2D eigenvalue weighted by atomic mass is 10.00. The monoisotopic (exact) mass is 290 g/mol. The maximum absolute atomic E-state index is 6.00. The van der Waals surface area contributed by atoms with Gasteiger partial charge in [0.2, 0.25) is 0 Å². The van der Waals surface area contributed by atoms with E-state index in [0.29, 0.717) is 10.8 Å². The molecule has 0 aliphatic carbocycles. The van der Waals surface area contributed by atoms with Gasteiger partial charge in [0.25, 0.3) is 0 Å². The van der Waals surface area contributed by atoms with Gasteiger partial charge in [-0.3, -0.25) is 4.98 Å². The number of aryl methyl sites for hydroxylation is 1. The van der Waals surface area contributed by atoms with E-state index in [-0.39, 0.29) is 6.04 Å². The average molecular weight is 291 g/mol. The topological polar surface area (TPSA) is 48.1 Å². The Morgan fingerprint density at radius 2 is 2.05 bits per heavy atom. The van der Waals surface area contributed by atoms with Crippen LogP contribution in [0.5, 0.6) is 11.5 Å². The van der Waals surface area contributed by atoms with E-state index in [1.165, 1.54) is 11.1 Å². The van der Waals surface area contributed by atoms with Crippen molar-refractivity contribution in [3.05, 3.63) is 52.8 Å². The highest BCUT2D eigenvalue weighted by atomic mass is 35.5. The summed E-state index contributed by atoms with van der Waals surface area (Å²) in [5.74, 6) is 1.41. The number of hydrogen-bond acceptors (Lipinski definition) is 3. The molecule has 1 aromatic heterocycles. The van der Waals surface area contributed by atoms with Crippen LogP contribution in [0.15, 0.2) is 36.7 Å². The van der Waals surface area contributed by atoms with Crippen molar-refractivity contribution in [1.29, 1.82) is 0 Å². The zero-order chi connectivity index (χ0) is 14.5. The normalized spacial score (nSPS) is 12.2. The summed E-state index contributed by atoms with van der Waals surface area (Å²) in [6, 6.07) is 7.98. The van der Waals surface area contributed by atoms with E-state index in [2.05, 4.69) is 24.9 Å². The molecular formula is C16H19ClN2O. The molecule has 1 atom stereocenters. The highest BCUT2D eigenvalue weighted by Crippen LogP contribution is 2.25. The van der Waals surface area contributed by atoms with Gasteiger partial charge in [-0.1, -0.05) is 24.6 Å². The van der Waals surface area contributed by atoms with Gasteiger partial charge in [0.05, 0.1) is 11.2 Å². The van der Waals surface area contributed by atoms with Gasteiger partial charge in [-0.05, 0) is 43.0 Å². The quantitative estimate of drug-likeness (QED) is 0.901. The van der Waals surface area contributed by atoms with Gasteiger partial charge < -0.3 is 10.5 Å². The van der Waals surface area contributed by atoms with E-state index < -0.39 is 0 Å². The maximum atomic E-state index is 6.00. The summed E-state index contributed by atoms with van der Waals surface area (Å²) in [6.07, 6.45) is 5.09. The van der Waals surface area contributed by atoms with Crippen molar-refractivity contribution in [3.63, 3.8) is 0 Å².